The van der Waals surface area contributed by atoms with Crippen LogP contribution in [0.4, 0.5) is 0 Å². The van der Waals surface area contributed by atoms with Crippen LogP contribution in [0.5, 0.6) is 0 Å². The summed E-state index contributed by atoms with van der Waals surface area (Å²) in [5, 5.41) is 9.07. The molecule has 0 aliphatic carbocycles. The van der Waals surface area contributed by atoms with E-state index in [4.69, 9.17) is 10.1 Å². The number of rotatable bonds is 7. The zero-order valence-electron chi connectivity index (χ0n) is 14.7. The molecule has 5 heteroatoms. The van der Waals surface area contributed by atoms with E-state index < -0.39 is 0 Å². The van der Waals surface area contributed by atoms with Gasteiger partial charge in [0.25, 0.3) is 0 Å². The van der Waals surface area contributed by atoms with Crippen LogP contribution >= 0.6 is 0 Å². The molecule has 2 aromatic heterocycles. The van der Waals surface area contributed by atoms with Crippen molar-refractivity contribution in [2.45, 2.75) is 52.6 Å². The van der Waals surface area contributed by atoms with E-state index in [0.717, 1.165) is 37.6 Å². The van der Waals surface area contributed by atoms with Crippen LogP contribution in [0.2, 0.25) is 0 Å². The monoisotopic (exact) mass is 323 g/mol. The minimum atomic E-state index is 0.341. The molecular formula is C19H25N5. The SMILES string of the molecule is Cc1cnn(CCc2nc(C(C)C)nn2CCc2ccccc2)c1. The minimum Gasteiger partial charge on any atom is -0.272 e. The highest BCUT2D eigenvalue weighted by Crippen LogP contribution is 2.12. The van der Waals surface area contributed by atoms with E-state index in [1.54, 1.807) is 0 Å². The first-order valence-electron chi connectivity index (χ1n) is 8.58. The Hall–Kier alpha value is -2.43. The van der Waals surface area contributed by atoms with E-state index in [1.807, 2.05) is 16.9 Å². The largest absolute Gasteiger partial charge is 0.272 e. The lowest BCUT2D eigenvalue weighted by Crippen LogP contribution is -2.11. The molecule has 2 heterocycles. The van der Waals surface area contributed by atoms with Crippen LogP contribution in [0.25, 0.3) is 0 Å². The van der Waals surface area contributed by atoms with Crippen molar-refractivity contribution in [3.63, 3.8) is 0 Å². The molecule has 0 saturated heterocycles. The molecule has 0 atom stereocenters. The van der Waals surface area contributed by atoms with Gasteiger partial charge in [-0.1, -0.05) is 44.2 Å². The molecule has 3 aromatic rings. The summed E-state index contributed by atoms with van der Waals surface area (Å²) in [6, 6.07) is 10.5. The first-order chi connectivity index (χ1) is 11.6. The molecule has 5 nitrogen and oxygen atoms in total. The molecule has 0 saturated carbocycles. The first-order valence-corrected chi connectivity index (χ1v) is 8.58. The smallest absolute Gasteiger partial charge is 0.153 e. The van der Waals surface area contributed by atoms with Gasteiger partial charge in [0, 0.05) is 31.6 Å². The van der Waals surface area contributed by atoms with E-state index >= 15 is 0 Å². The van der Waals surface area contributed by atoms with Crippen molar-refractivity contribution < 1.29 is 0 Å². The maximum atomic E-state index is 4.75. The van der Waals surface area contributed by atoms with Crippen LogP contribution in [0.15, 0.2) is 42.7 Å². The second kappa shape index (κ2) is 7.43. The molecule has 126 valence electrons. The lowest BCUT2D eigenvalue weighted by atomic mass is 10.1. The fourth-order valence-corrected chi connectivity index (χ4v) is 2.69. The van der Waals surface area contributed by atoms with Gasteiger partial charge in [-0.3, -0.25) is 4.68 Å². The van der Waals surface area contributed by atoms with E-state index in [1.165, 1.54) is 11.1 Å². The number of hydrogen-bond donors (Lipinski definition) is 0. The van der Waals surface area contributed by atoms with Crippen molar-refractivity contribution in [1.29, 1.82) is 0 Å². The standard InChI is InChI=1S/C19H25N5/c1-15(2)19-21-18(10-11-23-14-16(3)13-20-23)24(22-19)12-9-17-7-5-4-6-8-17/h4-8,13-15H,9-12H2,1-3H3. The topological polar surface area (TPSA) is 48.5 Å². The third-order valence-corrected chi connectivity index (χ3v) is 4.06. The molecule has 0 aliphatic heterocycles. The van der Waals surface area contributed by atoms with Crippen molar-refractivity contribution in [3.8, 4) is 0 Å². The zero-order valence-corrected chi connectivity index (χ0v) is 14.7. The van der Waals surface area contributed by atoms with Crippen molar-refractivity contribution >= 4 is 0 Å². The molecule has 0 fully saturated rings. The fourth-order valence-electron chi connectivity index (χ4n) is 2.69. The Balaban J connectivity index is 1.71. The molecule has 1 aromatic carbocycles. The summed E-state index contributed by atoms with van der Waals surface area (Å²) >= 11 is 0. The fraction of sp³-hybridized carbons (Fsp3) is 0.421. The predicted octanol–water partition coefficient (Wildman–Crippen LogP) is 3.39. The number of nitrogens with zero attached hydrogens (tertiary/aromatic N) is 5. The normalized spacial score (nSPS) is 11.3. The van der Waals surface area contributed by atoms with Crippen molar-refractivity contribution in [3.05, 3.63) is 65.5 Å². The van der Waals surface area contributed by atoms with E-state index in [-0.39, 0.29) is 0 Å². The molecule has 24 heavy (non-hydrogen) atoms. The average Bonchev–Trinajstić information content (AvgIpc) is 3.18. The number of benzene rings is 1. The predicted molar refractivity (Wildman–Crippen MR) is 94.9 cm³/mol. The molecule has 0 N–H and O–H groups in total. The number of aromatic nitrogens is 5. The highest BCUT2D eigenvalue weighted by atomic mass is 15.4. The highest BCUT2D eigenvalue weighted by molar-refractivity contribution is 5.14. The van der Waals surface area contributed by atoms with Gasteiger partial charge in [-0.2, -0.15) is 10.2 Å². The van der Waals surface area contributed by atoms with Gasteiger partial charge in [0.15, 0.2) is 5.82 Å². The molecule has 0 unspecified atom stereocenters. The van der Waals surface area contributed by atoms with Crippen LogP contribution in [0.1, 0.15) is 42.5 Å². The Bertz CT molecular complexity index is 770. The third kappa shape index (κ3) is 4.10. The van der Waals surface area contributed by atoms with Crippen LogP contribution in [-0.4, -0.2) is 24.5 Å². The van der Waals surface area contributed by atoms with Gasteiger partial charge in [-0.25, -0.2) is 9.67 Å². The minimum absolute atomic E-state index is 0.341. The van der Waals surface area contributed by atoms with Crippen molar-refractivity contribution in [2.24, 2.45) is 0 Å². The van der Waals surface area contributed by atoms with E-state index in [9.17, 15) is 0 Å². The number of hydrogen-bond acceptors (Lipinski definition) is 3. The van der Waals surface area contributed by atoms with Crippen molar-refractivity contribution in [2.75, 3.05) is 0 Å². The molecule has 0 aliphatic rings. The molecule has 0 spiro atoms. The summed E-state index contributed by atoms with van der Waals surface area (Å²) < 4.78 is 4.04. The van der Waals surface area contributed by atoms with Crippen LogP contribution in [-0.2, 0) is 25.9 Å². The maximum Gasteiger partial charge on any atom is 0.153 e. The van der Waals surface area contributed by atoms with Gasteiger partial charge in [-0.15, -0.1) is 0 Å². The van der Waals surface area contributed by atoms with Crippen molar-refractivity contribution in [1.82, 2.24) is 24.5 Å². The van der Waals surface area contributed by atoms with Gasteiger partial charge < -0.3 is 0 Å². The van der Waals surface area contributed by atoms with Crippen LogP contribution in [0, 0.1) is 6.92 Å². The second-order valence-electron chi connectivity index (χ2n) is 6.53. The van der Waals surface area contributed by atoms with E-state index in [2.05, 4.69) is 61.0 Å². The Morgan fingerprint density at radius 3 is 2.50 bits per heavy atom. The quantitative estimate of drug-likeness (QED) is 0.669. The summed E-state index contributed by atoms with van der Waals surface area (Å²) in [5.74, 6) is 2.31. The molecule has 3 rings (SSSR count). The summed E-state index contributed by atoms with van der Waals surface area (Å²) in [7, 11) is 0. The lowest BCUT2D eigenvalue weighted by Gasteiger charge is -2.06. The van der Waals surface area contributed by atoms with Gasteiger partial charge in [0.05, 0.1) is 6.20 Å². The lowest BCUT2D eigenvalue weighted by molar-refractivity contribution is 0.536. The summed E-state index contributed by atoms with van der Waals surface area (Å²) in [6.07, 6.45) is 5.76. The van der Waals surface area contributed by atoms with Gasteiger partial charge in [0.1, 0.15) is 5.82 Å². The zero-order chi connectivity index (χ0) is 16.9. The molecular weight excluding hydrogens is 298 g/mol. The first kappa shape index (κ1) is 16.4. The molecule has 0 bridgehead atoms. The van der Waals surface area contributed by atoms with Crippen LogP contribution < -0.4 is 0 Å². The second-order valence-corrected chi connectivity index (χ2v) is 6.53. The van der Waals surface area contributed by atoms with Gasteiger partial charge >= 0.3 is 0 Å². The Kier molecular flexibility index (Phi) is 5.08. The summed E-state index contributed by atoms with van der Waals surface area (Å²) in [6.45, 7) is 8.02. The molecule has 0 amide bonds. The van der Waals surface area contributed by atoms with Crippen LogP contribution in [0.3, 0.4) is 0 Å². The maximum absolute atomic E-state index is 4.75. The Morgan fingerprint density at radius 1 is 1.04 bits per heavy atom. The Morgan fingerprint density at radius 2 is 1.83 bits per heavy atom. The van der Waals surface area contributed by atoms with Gasteiger partial charge in [-0.05, 0) is 24.5 Å². The Labute approximate surface area is 143 Å². The molecule has 0 radical (unpaired) electrons. The highest BCUT2D eigenvalue weighted by Gasteiger charge is 2.13. The average molecular weight is 323 g/mol. The van der Waals surface area contributed by atoms with E-state index in [0.29, 0.717) is 5.92 Å². The third-order valence-electron chi connectivity index (χ3n) is 4.06. The number of aryl methyl sites for hydroxylation is 5. The van der Waals surface area contributed by atoms with Gasteiger partial charge in [0.2, 0.25) is 0 Å². The summed E-state index contributed by atoms with van der Waals surface area (Å²) in [5.41, 5.74) is 2.51. The summed E-state index contributed by atoms with van der Waals surface area (Å²) in [4.78, 5) is 4.75.